The second-order valence-corrected chi connectivity index (χ2v) is 6.59. The van der Waals surface area contributed by atoms with Gasteiger partial charge in [0.25, 0.3) is 5.56 Å². The van der Waals surface area contributed by atoms with E-state index < -0.39 is 5.76 Å². The molecule has 0 aliphatic heterocycles. The van der Waals surface area contributed by atoms with Crippen LogP contribution < -0.4 is 17.0 Å². The van der Waals surface area contributed by atoms with Gasteiger partial charge < -0.3 is 14.7 Å². The topological polar surface area (TPSA) is 107 Å². The van der Waals surface area contributed by atoms with Crippen LogP contribution in [0.2, 0.25) is 0 Å². The first-order chi connectivity index (χ1) is 12.4. The Bertz CT molecular complexity index is 1260. The Labute approximate surface area is 148 Å². The minimum absolute atomic E-state index is 0.0914. The second kappa shape index (κ2) is 5.59. The van der Waals surface area contributed by atoms with E-state index in [0.29, 0.717) is 5.82 Å². The van der Waals surface area contributed by atoms with Gasteiger partial charge in [-0.2, -0.15) is 0 Å². The van der Waals surface area contributed by atoms with E-state index in [1.165, 1.54) is 0 Å². The number of nitrogens with two attached hydrogens (primary N) is 1. The molecule has 0 bridgehead atoms. The van der Waals surface area contributed by atoms with Crippen molar-refractivity contribution in [3.8, 4) is 11.1 Å². The molecule has 0 unspecified atom stereocenters. The lowest BCUT2D eigenvalue weighted by Crippen LogP contribution is -2.23. The highest BCUT2D eigenvalue weighted by Gasteiger charge is 2.20. The number of aromatic amines is 1. The van der Waals surface area contributed by atoms with Crippen molar-refractivity contribution in [2.45, 2.75) is 26.8 Å². The highest BCUT2D eigenvalue weighted by molar-refractivity contribution is 6.03. The van der Waals surface area contributed by atoms with Gasteiger partial charge in [0.2, 0.25) is 0 Å². The van der Waals surface area contributed by atoms with Gasteiger partial charge in [-0.3, -0.25) is 9.78 Å². The Kier molecular flexibility index (Phi) is 3.47. The summed E-state index contributed by atoms with van der Waals surface area (Å²) in [5, 5.41) is 0.719. The minimum atomic E-state index is -0.635. The summed E-state index contributed by atoms with van der Waals surface area (Å²) in [7, 11) is 0. The highest BCUT2D eigenvalue weighted by Crippen LogP contribution is 2.32. The normalized spacial score (nSPS) is 11.7. The summed E-state index contributed by atoms with van der Waals surface area (Å²) in [6.45, 7) is 5.81. The van der Waals surface area contributed by atoms with E-state index in [4.69, 9.17) is 10.2 Å². The molecule has 0 atom stereocenters. The van der Waals surface area contributed by atoms with E-state index in [2.05, 4.69) is 9.97 Å². The summed E-state index contributed by atoms with van der Waals surface area (Å²) in [4.78, 5) is 31.3. The molecule has 7 nitrogen and oxygen atoms in total. The highest BCUT2D eigenvalue weighted by atomic mass is 16.4. The third-order valence-corrected chi connectivity index (χ3v) is 4.61. The molecule has 4 aromatic rings. The standard InChI is InChI=1S/C19H18N4O3/c1-9(2)23-16-10(3)12(11-4-7-14(20)21-8-11)5-6-13(16)17-15(18(23)24)22-19(25)26-17/h4-9H,1-3H3,(H2,20,21)(H,22,25). The molecule has 3 N–H and O–H groups in total. The van der Waals surface area contributed by atoms with E-state index in [0.717, 1.165) is 27.6 Å². The molecule has 132 valence electrons. The number of rotatable bonds is 2. The summed E-state index contributed by atoms with van der Waals surface area (Å²) in [6, 6.07) is 7.34. The van der Waals surface area contributed by atoms with Crippen molar-refractivity contribution in [1.82, 2.24) is 14.5 Å². The zero-order valence-corrected chi connectivity index (χ0v) is 14.7. The third kappa shape index (κ3) is 2.24. The van der Waals surface area contributed by atoms with Crippen LogP contribution in [-0.4, -0.2) is 14.5 Å². The second-order valence-electron chi connectivity index (χ2n) is 6.59. The number of nitrogens with one attached hydrogen (secondary N) is 1. The largest absolute Gasteiger partial charge is 0.417 e. The first-order valence-corrected chi connectivity index (χ1v) is 8.31. The SMILES string of the molecule is Cc1c(-c2ccc(N)nc2)ccc2c3oc(=O)[nH]c3c(=O)n(C(C)C)c12. The van der Waals surface area contributed by atoms with Gasteiger partial charge in [-0.05, 0) is 50.1 Å². The van der Waals surface area contributed by atoms with Gasteiger partial charge in [0.1, 0.15) is 5.82 Å². The number of oxazole rings is 1. The average molecular weight is 350 g/mol. The van der Waals surface area contributed by atoms with Gasteiger partial charge >= 0.3 is 5.76 Å². The predicted molar refractivity (Wildman–Crippen MR) is 101 cm³/mol. The van der Waals surface area contributed by atoms with Crippen LogP contribution in [0.1, 0.15) is 25.5 Å². The number of aromatic nitrogens is 3. The fourth-order valence-electron chi connectivity index (χ4n) is 3.45. The van der Waals surface area contributed by atoms with Crippen molar-refractivity contribution in [3.63, 3.8) is 0 Å². The number of benzene rings is 1. The Morgan fingerprint density at radius 1 is 1.19 bits per heavy atom. The van der Waals surface area contributed by atoms with Gasteiger partial charge in [0.15, 0.2) is 11.1 Å². The minimum Gasteiger partial charge on any atom is -0.407 e. The van der Waals surface area contributed by atoms with Gasteiger partial charge in [-0.25, -0.2) is 9.78 Å². The monoisotopic (exact) mass is 350 g/mol. The molecule has 0 saturated heterocycles. The van der Waals surface area contributed by atoms with E-state index in [1.54, 1.807) is 16.8 Å². The Balaban J connectivity index is 2.19. The van der Waals surface area contributed by atoms with Crippen LogP contribution in [0.25, 0.3) is 33.1 Å². The molecule has 0 fully saturated rings. The van der Waals surface area contributed by atoms with Gasteiger partial charge in [-0.15, -0.1) is 0 Å². The molecule has 4 rings (SSSR count). The third-order valence-electron chi connectivity index (χ3n) is 4.61. The number of H-pyrrole nitrogens is 1. The van der Waals surface area contributed by atoms with Crippen molar-refractivity contribution in [2.24, 2.45) is 0 Å². The smallest absolute Gasteiger partial charge is 0.407 e. The van der Waals surface area contributed by atoms with Crippen LogP contribution in [0.4, 0.5) is 5.82 Å². The van der Waals surface area contributed by atoms with Crippen molar-refractivity contribution in [2.75, 3.05) is 5.73 Å². The summed E-state index contributed by atoms with van der Waals surface area (Å²) < 4.78 is 6.95. The zero-order valence-electron chi connectivity index (χ0n) is 14.7. The van der Waals surface area contributed by atoms with Gasteiger partial charge in [0.05, 0.1) is 5.52 Å². The molecular formula is C19H18N4O3. The van der Waals surface area contributed by atoms with Crippen LogP contribution in [-0.2, 0) is 0 Å². The molecule has 7 heteroatoms. The Morgan fingerprint density at radius 3 is 2.62 bits per heavy atom. The van der Waals surface area contributed by atoms with Crippen molar-refractivity contribution >= 4 is 27.8 Å². The summed E-state index contributed by atoms with van der Waals surface area (Å²) >= 11 is 0. The summed E-state index contributed by atoms with van der Waals surface area (Å²) in [6.07, 6.45) is 1.70. The fraction of sp³-hybridized carbons (Fsp3) is 0.211. The number of nitrogen functional groups attached to an aromatic ring is 1. The van der Waals surface area contributed by atoms with E-state index >= 15 is 0 Å². The number of anilines is 1. The molecule has 3 heterocycles. The molecular weight excluding hydrogens is 332 g/mol. The first-order valence-electron chi connectivity index (χ1n) is 8.31. The number of hydrogen-bond donors (Lipinski definition) is 2. The number of hydrogen-bond acceptors (Lipinski definition) is 5. The van der Waals surface area contributed by atoms with Crippen molar-refractivity contribution in [3.05, 3.63) is 56.9 Å². The van der Waals surface area contributed by atoms with Crippen LogP contribution in [0.15, 0.2) is 44.5 Å². The van der Waals surface area contributed by atoms with Crippen LogP contribution >= 0.6 is 0 Å². The Hall–Kier alpha value is -3.35. The lowest BCUT2D eigenvalue weighted by Gasteiger charge is -2.18. The van der Waals surface area contributed by atoms with Crippen LogP contribution in [0, 0.1) is 6.92 Å². The number of fused-ring (bicyclic) bond motifs is 3. The average Bonchev–Trinajstić information content (AvgIpc) is 2.99. The maximum absolute atomic E-state index is 12.9. The quantitative estimate of drug-likeness (QED) is 0.578. The fourth-order valence-corrected chi connectivity index (χ4v) is 3.45. The van der Waals surface area contributed by atoms with E-state index in [-0.39, 0.29) is 22.7 Å². The van der Waals surface area contributed by atoms with Crippen LogP contribution in [0.5, 0.6) is 0 Å². The molecule has 0 radical (unpaired) electrons. The van der Waals surface area contributed by atoms with Crippen LogP contribution in [0.3, 0.4) is 0 Å². The summed E-state index contributed by atoms with van der Waals surface area (Å²) in [5.74, 6) is -0.188. The van der Waals surface area contributed by atoms with E-state index in [1.807, 2.05) is 39.0 Å². The zero-order chi connectivity index (χ0) is 18.6. The molecule has 0 aliphatic carbocycles. The lowest BCUT2D eigenvalue weighted by atomic mass is 9.98. The molecule has 1 aromatic carbocycles. The van der Waals surface area contributed by atoms with E-state index in [9.17, 15) is 9.59 Å². The molecule has 0 amide bonds. The number of aryl methyl sites for hydroxylation is 1. The van der Waals surface area contributed by atoms with Crippen molar-refractivity contribution < 1.29 is 4.42 Å². The van der Waals surface area contributed by atoms with Crippen molar-refractivity contribution in [1.29, 1.82) is 0 Å². The lowest BCUT2D eigenvalue weighted by molar-refractivity contribution is 0.557. The Morgan fingerprint density at radius 2 is 1.96 bits per heavy atom. The summed E-state index contributed by atoms with van der Waals surface area (Å²) in [5.41, 5.74) is 9.38. The molecule has 0 spiro atoms. The number of pyridine rings is 2. The molecule has 0 saturated carbocycles. The predicted octanol–water partition coefficient (Wildman–Crippen LogP) is 2.97. The molecule has 3 aromatic heterocycles. The molecule has 0 aliphatic rings. The number of nitrogens with zero attached hydrogens (tertiary/aromatic N) is 2. The molecule has 26 heavy (non-hydrogen) atoms. The first kappa shape index (κ1) is 16.1. The maximum atomic E-state index is 12.9. The maximum Gasteiger partial charge on any atom is 0.417 e. The van der Waals surface area contributed by atoms with Gasteiger partial charge in [0, 0.05) is 23.2 Å². The van der Waals surface area contributed by atoms with Gasteiger partial charge in [-0.1, -0.05) is 6.07 Å².